The molecule has 1 atom stereocenters. The first-order valence-electron chi connectivity index (χ1n) is 5.29. The fourth-order valence-electron chi connectivity index (χ4n) is 1.24. The number of carbonyl (C=O) groups excluding carboxylic acids is 1. The van der Waals surface area contributed by atoms with Gasteiger partial charge < -0.3 is 11.1 Å². The van der Waals surface area contributed by atoms with Gasteiger partial charge in [-0.05, 0) is 24.0 Å². The highest BCUT2D eigenvalue weighted by Gasteiger charge is 2.27. The second-order valence-electron chi connectivity index (χ2n) is 5.08. The summed E-state index contributed by atoms with van der Waals surface area (Å²) >= 11 is 0. The maximum atomic E-state index is 11.8. The number of carbonyl (C=O) groups is 1. The van der Waals surface area contributed by atoms with Crippen molar-refractivity contribution in [1.82, 2.24) is 4.98 Å². The van der Waals surface area contributed by atoms with E-state index in [1.165, 1.54) is 0 Å². The molecule has 0 spiro atoms. The van der Waals surface area contributed by atoms with Crippen LogP contribution in [0.15, 0.2) is 18.5 Å². The molecule has 1 amide bonds. The lowest BCUT2D eigenvalue weighted by Gasteiger charge is -2.25. The molecule has 0 bridgehead atoms. The van der Waals surface area contributed by atoms with Crippen molar-refractivity contribution < 1.29 is 4.79 Å². The number of aryl methyl sites for hydroxylation is 1. The summed E-state index contributed by atoms with van der Waals surface area (Å²) in [6.45, 7) is 7.73. The Labute approximate surface area is 121 Å². The topological polar surface area (TPSA) is 68.0 Å². The van der Waals surface area contributed by atoms with Gasteiger partial charge in [-0.1, -0.05) is 20.8 Å². The van der Waals surface area contributed by atoms with E-state index in [0.29, 0.717) is 5.69 Å². The highest BCUT2D eigenvalue weighted by atomic mass is 35.5. The third-order valence-electron chi connectivity index (χ3n) is 2.36. The first-order chi connectivity index (χ1) is 7.30. The number of nitrogens with one attached hydrogen (secondary N) is 1. The van der Waals surface area contributed by atoms with E-state index in [1.54, 1.807) is 12.4 Å². The Morgan fingerprint density at radius 3 is 2.33 bits per heavy atom. The highest BCUT2D eigenvalue weighted by molar-refractivity contribution is 5.95. The quantitative estimate of drug-likeness (QED) is 0.880. The average Bonchev–Trinajstić information content (AvgIpc) is 2.15. The summed E-state index contributed by atoms with van der Waals surface area (Å²) in [6, 6.07) is 1.33. The summed E-state index contributed by atoms with van der Waals surface area (Å²) < 4.78 is 0. The normalized spacial score (nSPS) is 11.8. The van der Waals surface area contributed by atoms with Crippen LogP contribution in [0.3, 0.4) is 0 Å². The first kappa shape index (κ1) is 19.5. The number of hydrogen-bond acceptors (Lipinski definition) is 3. The number of aromatic nitrogens is 1. The van der Waals surface area contributed by atoms with Crippen LogP contribution >= 0.6 is 24.8 Å². The molecule has 104 valence electrons. The van der Waals surface area contributed by atoms with Crippen LogP contribution in [-0.2, 0) is 4.79 Å². The zero-order valence-corrected chi connectivity index (χ0v) is 12.7. The van der Waals surface area contributed by atoms with E-state index in [2.05, 4.69) is 10.3 Å². The fourth-order valence-corrected chi connectivity index (χ4v) is 1.24. The molecule has 0 saturated carbocycles. The summed E-state index contributed by atoms with van der Waals surface area (Å²) in [5.74, 6) is -0.181. The zero-order valence-electron chi connectivity index (χ0n) is 11.1. The predicted octanol–water partition coefficient (Wildman–Crippen LogP) is 2.55. The standard InChI is InChI=1S/C12H19N3O.2ClH/c1-8-5-9(7-14-6-8)15-11(16)10(13)12(2,3)4;;/h5-7,10H,13H2,1-4H3,(H,15,16);2*1H/t10-;;/m1../s1. The molecule has 0 unspecified atom stereocenters. The maximum absolute atomic E-state index is 11.8. The van der Waals surface area contributed by atoms with Gasteiger partial charge >= 0.3 is 0 Å². The van der Waals surface area contributed by atoms with Crippen molar-refractivity contribution in [2.24, 2.45) is 11.1 Å². The third kappa shape index (κ3) is 5.67. The summed E-state index contributed by atoms with van der Waals surface area (Å²) in [5, 5.41) is 2.76. The fraction of sp³-hybridized carbons (Fsp3) is 0.500. The molecule has 0 aliphatic rings. The molecule has 1 heterocycles. The summed E-state index contributed by atoms with van der Waals surface area (Å²) in [7, 11) is 0. The van der Waals surface area contributed by atoms with E-state index in [0.717, 1.165) is 5.56 Å². The minimum Gasteiger partial charge on any atom is -0.323 e. The average molecular weight is 294 g/mol. The molecule has 1 aromatic rings. The van der Waals surface area contributed by atoms with Crippen molar-refractivity contribution in [1.29, 1.82) is 0 Å². The molecular weight excluding hydrogens is 273 g/mol. The van der Waals surface area contributed by atoms with Crippen LogP contribution in [0, 0.1) is 12.3 Å². The Morgan fingerprint density at radius 1 is 1.33 bits per heavy atom. The van der Waals surface area contributed by atoms with Crippen LogP contribution in [0.1, 0.15) is 26.3 Å². The Morgan fingerprint density at radius 2 is 1.89 bits per heavy atom. The van der Waals surface area contributed by atoms with Gasteiger partial charge in [0.25, 0.3) is 0 Å². The van der Waals surface area contributed by atoms with Crippen LogP contribution in [0.25, 0.3) is 0 Å². The van der Waals surface area contributed by atoms with Gasteiger partial charge in [0.15, 0.2) is 0 Å². The van der Waals surface area contributed by atoms with E-state index in [1.807, 2.05) is 33.8 Å². The van der Waals surface area contributed by atoms with Gasteiger partial charge in [-0.15, -0.1) is 24.8 Å². The van der Waals surface area contributed by atoms with Crippen molar-refractivity contribution in [3.63, 3.8) is 0 Å². The maximum Gasteiger partial charge on any atom is 0.241 e. The Bertz CT molecular complexity index is 391. The van der Waals surface area contributed by atoms with Gasteiger partial charge in [-0.25, -0.2) is 0 Å². The Hall–Kier alpha value is -0.840. The van der Waals surface area contributed by atoms with E-state index in [4.69, 9.17) is 5.73 Å². The third-order valence-corrected chi connectivity index (χ3v) is 2.36. The van der Waals surface area contributed by atoms with Crippen LogP contribution in [-0.4, -0.2) is 16.9 Å². The van der Waals surface area contributed by atoms with Crippen LogP contribution in [0.2, 0.25) is 0 Å². The Balaban J connectivity index is 0. The van der Waals surface area contributed by atoms with E-state index >= 15 is 0 Å². The number of hydrogen-bond donors (Lipinski definition) is 2. The van der Waals surface area contributed by atoms with Gasteiger partial charge in [-0.2, -0.15) is 0 Å². The van der Waals surface area contributed by atoms with Crippen molar-refractivity contribution >= 4 is 36.4 Å². The number of pyridine rings is 1. The molecule has 18 heavy (non-hydrogen) atoms. The predicted molar refractivity (Wildman–Crippen MR) is 79.5 cm³/mol. The molecule has 6 heteroatoms. The largest absolute Gasteiger partial charge is 0.323 e. The minimum atomic E-state index is -0.534. The van der Waals surface area contributed by atoms with Crippen LogP contribution in [0.5, 0.6) is 0 Å². The van der Waals surface area contributed by atoms with Gasteiger partial charge in [0, 0.05) is 6.20 Å². The first-order valence-corrected chi connectivity index (χ1v) is 5.29. The van der Waals surface area contributed by atoms with Crippen molar-refractivity contribution in [2.75, 3.05) is 5.32 Å². The molecule has 0 saturated heterocycles. The lowest BCUT2D eigenvalue weighted by molar-refractivity contribution is -0.119. The van der Waals surface area contributed by atoms with Gasteiger partial charge in [0.05, 0.1) is 17.9 Å². The molecule has 3 N–H and O–H groups in total. The number of rotatable bonds is 2. The zero-order chi connectivity index (χ0) is 12.3. The van der Waals surface area contributed by atoms with Gasteiger partial charge in [-0.3, -0.25) is 9.78 Å². The molecule has 0 fully saturated rings. The lowest BCUT2D eigenvalue weighted by atomic mass is 9.87. The van der Waals surface area contributed by atoms with E-state index < -0.39 is 6.04 Å². The molecule has 0 aliphatic heterocycles. The molecule has 0 aromatic carbocycles. The summed E-state index contributed by atoms with van der Waals surface area (Å²) in [6.07, 6.45) is 3.35. The highest BCUT2D eigenvalue weighted by Crippen LogP contribution is 2.18. The number of nitrogens with two attached hydrogens (primary N) is 1. The summed E-state index contributed by atoms with van der Waals surface area (Å²) in [4.78, 5) is 15.8. The molecule has 0 radical (unpaired) electrons. The van der Waals surface area contributed by atoms with E-state index in [9.17, 15) is 4.79 Å². The monoisotopic (exact) mass is 293 g/mol. The second-order valence-corrected chi connectivity index (χ2v) is 5.08. The number of anilines is 1. The second kappa shape index (κ2) is 7.56. The molecule has 4 nitrogen and oxygen atoms in total. The number of nitrogens with zero attached hydrogens (tertiary/aromatic N) is 1. The van der Waals surface area contributed by atoms with Crippen molar-refractivity contribution in [3.8, 4) is 0 Å². The molecule has 1 aromatic heterocycles. The smallest absolute Gasteiger partial charge is 0.241 e. The summed E-state index contributed by atoms with van der Waals surface area (Å²) in [5.41, 5.74) is 7.29. The van der Waals surface area contributed by atoms with Crippen molar-refractivity contribution in [2.45, 2.75) is 33.7 Å². The van der Waals surface area contributed by atoms with E-state index in [-0.39, 0.29) is 36.1 Å². The minimum absolute atomic E-state index is 0. The number of halogens is 2. The molecule has 1 rings (SSSR count). The number of amides is 1. The van der Waals surface area contributed by atoms with Gasteiger partial charge in [0.2, 0.25) is 5.91 Å². The molecular formula is C12H21Cl2N3O. The van der Waals surface area contributed by atoms with Crippen molar-refractivity contribution in [3.05, 3.63) is 24.0 Å². The Kier molecular flexibility index (Phi) is 8.19. The SMILES string of the molecule is Cc1cncc(NC(=O)[C@@H](N)C(C)(C)C)c1.Cl.Cl. The van der Waals surface area contributed by atoms with Crippen LogP contribution in [0.4, 0.5) is 5.69 Å². The van der Waals surface area contributed by atoms with Crippen LogP contribution < -0.4 is 11.1 Å². The van der Waals surface area contributed by atoms with Gasteiger partial charge in [0.1, 0.15) is 0 Å². The lowest BCUT2D eigenvalue weighted by Crippen LogP contribution is -2.45. The molecule has 0 aliphatic carbocycles.